The summed E-state index contributed by atoms with van der Waals surface area (Å²) in [5.74, 6) is 2.04. The lowest BCUT2D eigenvalue weighted by Crippen LogP contribution is -2.41. The summed E-state index contributed by atoms with van der Waals surface area (Å²) in [5.41, 5.74) is 0.772. The van der Waals surface area contributed by atoms with E-state index >= 15 is 0 Å². The Hall–Kier alpha value is -2.57. The fraction of sp³-hybridized carbons (Fsp3) is 0.500. The smallest absolute Gasteiger partial charge is 0.318 e. The fourth-order valence-electron chi connectivity index (χ4n) is 2.97. The summed E-state index contributed by atoms with van der Waals surface area (Å²) >= 11 is 0. The average Bonchev–Trinajstić information content (AvgIpc) is 3.28. The molecule has 0 saturated carbocycles. The molecule has 134 valence electrons. The Morgan fingerprint density at radius 1 is 1.44 bits per heavy atom. The van der Waals surface area contributed by atoms with E-state index in [9.17, 15) is 4.79 Å². The molecule has 0 aliphatic carbocycles. The molecule has 1 saturated heterocycles. The molecule has 1 aliphatic rings. The van der Waals surface area contributed by atoms with Gasteiger partial charge in [0.25, 0.3) is 0 Å². The van der Waals surface area contributed by atoms with Gasteiger partial charge in [0.2, 0.25) is 11.7 Å². The maximum atomic E-state index is 12.4. The standard InChI is InChI=1S/C18H24N4O3/c1-12(2)11-19-18(23)22-10-6-8-14(22)17-20-16(21-25-17)13-7-4-5-9-15(13)24-3/h4-5,7,9,12,14H,6,8,10-11H2,1-3H3,(H,19,23)/t14-/m0/s1. The van der Waals surface area contributed by atoms with Crippen molar-refractivity contribution >= 4 is 6.03 Å². The van der Waals surface area contributed by atoms with Gasteiger partial charge >= 0.3 is 6.03 Å². The molecular weight excluding hydrogens is 320 g/mol. The fourth-order valence-corrected chi connectivity index (χ4v) is 2.97. The molecule has 2 heterocycles. The Balaban J connectivity index is 1.78. The molecule has 1 aromatic heterocycles. The number of urea groups is 1. The summed E-state index contributed by atoms with van der Waals surface area (Å²) in [4.78, 5) is 18.7. The van der Waals surface area contributed by atoms with Gasteiger partial charge in [-0.25, -0.2) is 4.79 Å². The number of carbonyl (C=O) groups excluding carboxylic acids is 1. The molecular formula is C18H24N4O3. The van der Waals surface area contributed by atoms with Crippen molar-refractivity contribution in [3.05, 3.63) is 30.2 Å². The highest BCUT2D eigenvalue weighted by Crippen LogP contribution is 2.33. The first-order valence-corrected chi connectivity index (χ1v) is 8.61. The lowest BCUT2D eigenvalue weighted by atomic mass is 10.2. The summed E-state index contributed by atoms with van der Waals surface area (Å²) < 4.78 is 10.8. The second kappa shape index (κ2) is 7.55. The average molecular weight is 344 g/mol. The monoisotopic (exact) mass is 344 g/mol. The highest BCUT2D eigenvalue weighted by molar-refractivity contribution is 5.75. The van der Waals surface area contributed by atoms with Crippen LogP contribution in [0.25, 0.3) is 11.4 Å². The Morgan fingerprint density at radius 2 is 2.24 bits per heavy atom. The summed E-state index contributed by atoms with van der Waals surface area (Å²) in [6.45, 7) is 5.48. The van der Waals surface area contributed by atoms with Crippen molar-refractivity contribution in [2.24, 2.45) is 5.92 Å². The van der Waals surface area contributed by atoms with Crippen LogP contribution in [0.4, 0.5) is 4.79 Å². The third kappa shape index (κ3) is 3.75. The number of methoxy groups -OCH3 is 1. The number of rotatable bonds is 5. The summed E-state index contributed by atoms with van der Waals surface area (Å²) in [5, 5.41) is 7.04. The zero-order valence-corrected chi connectivity index (χ0v) is 14.9. The van der Waals surface area contributed by atoms with Crippen molar-refractivity contribution in [1.29, 1.82) is 0 Å². The van der Waals surface area contributed by atoms with E-state index in [1.54, 1.807) is 12.0 Å². The molecule has 3 rings (SSSR count). The summed E-state index contributed by atoms with van der Waals surface area (Å²) in [6, 6.07) is 7.27. The number of hydrogen-bond acceptors (Lipinski definition) is 5. The number of carbonyl (C=O) groups is 1. The molecule has 1 N–H and O–H groups in total. The van der Waals surface area contributed by atoms with Gasteiger partial charge in [-0.05, 0) is 30.9 Å². The van der Waals surface area contributed by atoms with E-state index in [2.05, 4.69) is 29.3 Å². The maximum Gasteiger partial charge on any atom is 0.318 e. The van der Waals surface area contributed by atoms with Crippen molar-refractivity contribution in [2.45, 2.75) is 32.7 Å². The number of hydrogen-bond donors (Lipinski definition) is 1. The van der Waals surface area contributed by atoms with Crippen LogP contribution in [0.1, 0.15) is 38.6 Å². The largest absolute Gasteiger partial charge is 0.496 e. The van der Waals surface area contributed by atoms with Gasteiger partial charge in [-0.2, -0.15) is 4.98 Å². The van der Waals surface area contributed by atoms with Gasteiger partial charge in [-0.3, -0.25) is 0 Å². The number of aromatic nitrogens is 2. The topological polar surface area (TPSA) is 80.5 Å². The van der Waals surface area contributed by atoms with Gasteiger partial charge in [-0.15, -0.1) is 0 Å². The summed E-state index contributed by atoms with van der Waals surface area (Å²) in [6.07, 6.45) is 1.74. The Bertz CT molecular complexity index is 729. The number of benzene rings is 1. The van der Waals surface area contributed by atoms with Gasteiger partial charge in [-0.1, -0.05) is 31.1 Å². The third-order valence-corrected chi connectivity index (χ3v) is 4.25. The van der Waals surface area contributed by atoms with Crippen LogP contribution in [0, 0.1) is 5.92 Å². The van der Waals surface area contributed by atoms with E-state index < -0.39 is 0 Å². The van der Waals surface area contributed by atoms with E-state index in [0.29, 0.717) is 36.5 Å². The second-order valence-corrected chi connectivity index (χ2v) is 6.59. The number of ether oxygens (including phenoxy) is 1. The van der Waals surface area contributed by atoms with E-state index in [1.165, 1.54) is 0 Å². The van der Waals surface area contributed by atoms with Crippen molar-refractivity contribution in [2.75, 3.05) is 20.2 Å². The van der Waals surface area contributed by atoms with Crippen LogP contribution in [-0.2, 0) is 0 Å². The third-order valence-electron chi connectivity index (χ3n) is 4.25. The van der Waals surface area contributed by atoms with Crippen LogP contribution < -0.4 is 10.1 Å². The minimum absolute atomic E-state index is 0.0757. The quantitative estimate of drug-likeness (QED) is 0.900. The summed E-state index contributed by atoms with van der Waals surface area (Å²) in [7, 11) is 1.61. The molecule has 0 spiro atoms. The van der Waals surface area contributed by atoms with E-state index in [-0.39, 0.29) is 12.1 Å². The lowest BCUT2D eigenvalue weighted by Gasteiger charge is -2.22. The van der Waals surface area contributed by atoms with Gasteiger partial charge < -0.3 is 19.5 Å². The second-order valence-electron chi connectivity index (χ2n) is 6.59. The van der Waals surface area contributed by atoms with Crippen LogP contribution in [-0.4, -0.2) is 41.3 Å². The molecule has 1 fully saturated rings. The molecule has 0 radical (unpaired) electrons. The number of para-hydroxylation sites is 1. The van der Waals surface area contributed by atoms with Crippen LogP contribution in [0.15, 0.2) is 28.8 Å². The molecule has 2 amide bonds. The molecule has 1 aliphatic heterocycles. The number of nitrogens with zero attached hydrogens (tertiary/aromatic N) is 3. The molecule has 0 bridgehead atoms. The van der Waals surface area contributed by atoms with Crippen LogP contribution in [0.5, 0.6) is 5.75 Å². The normalized spacial score (nSPS) is 17.1. The van der Waals surface area contributed by atoms with E-state index in [4.69, 9.17) is 9.26 Å². The zero-order chi connectivity index (χ0) is 17.8. The van der Waals surface area contributed by atoms with Crippen molar-refractivity contribution in [1.82, 2.24) is 20.4 Å². The predicted molar refractivity (Wildman–Crippen MR) is 93.2 cm³/mol. The highest BCUT2D eigenvalue weighted by atomic mass is 16.5. The molecule has 25 heavy (non-hydrogen) atoms. The van der Waals surface area contributed by atoms with Gasteiger partial charge in [0.05, 0.1) is 12.7 Å². The lowest BCUT2D eigenvalue weighted by molar-refractivity contribution is 0.179. The molecule has 1 atom stereocenters. The van der Waals surface area contributed by atoms with E-state index in [1.807, 2.05) is 24.3 Å². The number of nitrogens with one attached hydrogen (secondary N) is 1. The van der Waals surface area contributed by atoms with E-state index in [0.717, 1.165) is 18.4 Å². The first-order chi connectivity index (χ1) is 12.1. The number of likely N-dealkylation sites (tertiary alicyclic amines) is 1. The minimum Gasteiger partial charge on any atom is -0.496 e. The Kier molecular flexibility index (Phi) is 5.21. The molecule has 2 aromatic rings. The van der Waals surface area contributed by atoms with Crippen molar-refractivity contribution < 1.29 is 14.1 Å². The zero-order valence-electron chi connectivity index (χ0n) is 14.9. The first kappa shape index (κ1) is 17.3. The van der Waals surface area contributed by atoms with Crippen molar-refractivity contribution in [3.8, 4) is 17.1 Å². The van der Waals surface area contributed by atoms with Crippen LogP contribution in [0.3, 0.4) is 0 Å². The first-order valence-electron chi connectivity index (χ1n) is 8.61. The van der Waals surface area contributed by atoms with Gasteiger partial charge in [0.15, 0.2) is 0 Å². The SMILES string of the molecule is COc1ccccc1-c1noc([C@@H]2CCCN2C(=O)NCC(C)C)n1. The van der Waals surface area contributed by atoms with Crippen molar-refractivity contribution in [3.63, 3.8) is 0 Å². The molecule has 0 unspecified atom stereocenters. The molecule has 7 nitrogen and oxygen atoms in total. The molecule has 1 aromatic carbocycles. The Morgan fingerprint density at radius 3 is 3.00 bits per heavy atom. The highest BCUT2D eigenvalue weighted by Gasteiger charge is 2.34. The van der Waals surface area contributed by atoms with Gasteiger partial charge in [0.1, 0.15) is 11.8 Å². The van der Waals surface area contributed by atoms with Gasteiger partial charge in [0, 0.05) is 13.1 Å². The minimum atomic E-state index is -0.178. The van der Waals surface area contributed by atoms with Crippen LogP contribution in [0.2, 0.25) is 0 Å². The molecule has 7 heteroatoms. The van der Waals surface area contributed by atoms with Crippen LogP contribution >= 0.6 is 0 Å². The maximum absolute atomic E-state index is 12.4. The number of amides is 2. The Labute approximate surface area is 147 Å². The predicted octanol–water partition coefficient (Wildman–Crippen LogP) is 3.25.